The van der Waals surface area contributed by atoms with Crippen molar-refractivity contribution in [2.45, 2.75) is 4.32 Å². The quantitative estimate of drug-likeness (QED) is 0.180. The minimum absolute atomic E-state index is 0.771. The smallest absolute Gasteiger partial charge is 0.336 e. The topological polar surface area (TPSA) is 158 Å². The predicted molar refractivity (Wildman–Crippen MR) is 89.7 cm³/mol. The Hall–Kier alpha value is -2.70. The Morgan fingerprint density at radius 1 is 0.571 bits per heavy atom. The van der Waals surface area contributed by atoms with Crippen LogP contribution in [0.4, 0.5) is 0 Å². The molecule has 0 aliphatic carbocycles. The van der Waals surface area contributed by atoms with Crippen LogP contribution in [-0.4, -0.2) is 82.8 Å². The highest BCUT2D eigenvalue weighted by molar-refractivity contribution is 9.10. The first-order chi connectivity index (χ1) is 13.0. The fourth-order valence-corrected chi connectivity index (χ4v) is 3.37. The standard InChI is InChI=1S/C15H19BrO12/c1-23-8(17)7(9(18)24-2)14(10(19)25-3,11(20)26-4)15(16,12(21)27-5)13(22)28-6/h7H,1-6H3. The van der Waals surface area contributed by atoms with E-state index in [9.17, 15) is 28.8 Å². The van der Waals surface area contributed by atoms with E-state index in [0.29, 0.717) is 0 Å². The zero-order valence-electron chi connectivity index (χ0n) is 15.9. The number of hydrogen-bond donors (Lipinski definition) is 0. The summed E-state index contributed by atoms with van der Waals surface area (Å²) in [5.41, 5.74) is -3.32. The molecule has 0 saturated carbocycles. The highest BCUT2D eigenvalue weighted by atomic mass is 79.9. The number of halogens is 1. The Bertz CT molecular complexity index is 622. The van der Waals surface area contributed by atoms with E-state index in [1.54, 1.807) is 0 Å². The third-order valence-electron chi connectivity index (χ3n) is 3.80. The summed E-state index contributed by atoms with van der Waals surface area (Å²) >= 11 is 2.67. The van der Waals surface area contributed by atoms with Crippen LogP contribution < -0.4 is 0 Å². The predicted octanol–water partition coefficient (Wildman–Crippen LogP) is -1.24. The molecule has 13 heteroatoms. The summed E-state index contributed by atoms with van der Waals surface area (Å²) in [5.74, 6) is -12.1. The van der Waals surface area contributed by atoms with Crippen molar-refractivity contribution in [1.29, 1.82) is 0 Å². The van der Waals surface area contributed by atoms with Gasteiger partial charge in [-0.15, -0.1) is 0 Å². The maximum atomic E-state index is 12.8. The largest absolute Gasteiger partial charge is 0.468 e. The summed E-state index contributed by atoms with van der Waals surface area (Å²) in [7, 11) is 4.81. The Morgan fingerprint density at radius 3 is 1.07 bits per heavy atom. The van der Waals surface area contributed by atoms with Gasteiger partial charge in [0.1, 0.15) is 0 Å². The van der Waals surface area contributed by atoms with E-state index in [2.05, 4.69) is 44.4 Å². The number of carbonyl (C=O) groups excluding carboxylic acids is 6. The van der Waals surface area contributed by atoms with Gasteiger partial charge < -0.3 is 28.4 Å². The summed E-state index contributed by atoms with van der Waals surface area (Å²) in [4.78, 5) is 75.6. The van der Waals surface area contributed by atoms with Crippen LogP contribution in [0.5, 0.6) is 0 Å². The molecule has 0 fully saturated rings. The van der Waals surface area contributed by atoms with Crippen LogP contribution in [0.2, 0.25) is 0 Å². The minimum atomic E-state index is -3.32. The summed E-state index contributed by atoms with van der Waals surface area (Å²) in [6.07, 6.45) is 0. The number of carbonyl (C=O) groups is 6. The highest BCUT2D eigenvalue weighted by Gasteiger charge is 2.79. The average molecular weight is 471 g/mol. The lowest BCUT2D eigenvalue weighted by Crippen LogP contribution is -2.69. The summed E-state index contributed by atoms with van der Waals surface area (Å²) in [5, 5.41) is 0. The Balaban J connectivity index is 7.65. The molecule has 0 aliphatic rings. The molecule has 12 nitrogen and oxygen atoms in total. The van der Waals surface area contributed by atoms with Crippen molar-refractivity contribution >= 4 is 51.7 Å². The first kappa shape index (κ1) is 25.3. The molecule has 0 aromatic carbocycles. The number of rotatable bonds is 8. The number of ether oxygens (including phenoxy) is 6. The lowest BCUT2D eigenvalue weighted by Gasteiger charge is -2.40. The number of hydrogen-bond acceptors (Lipinski definition) is 12. The van der Waals surface area contributed by atoms with Crippen molar-refractivity contribution in [3.05, 3.63) is 0 Å². The average Bonchev–Trinajstić information content (AvgIpc) is 2.73. The normalized spacial score (nSPS) is 11.1. The lowest BCUT2D eigenvalue weighted by atomic mass is 9.65. The van der Waals surface area contributed by atoms with Crippen LogP contribution in [0.25, 0.3) is 0 Å². The van der Waals surface area contributed by atoms with Crippen molar-refractivity contribution in [3.63, 3.8) is 0 Å². The van der Waals surface area contributed by atoms with Gasteiger partial charge >= 0.3 is 35.8 Å². The first-order valence-electron chi connectivity index (χ1n) is 7.20. The van der Waals surface area contributed by atoms with Gasteiger partial charge in [-0.1, -0.05) is 15.9 Å². The van der Waals surface area contributed by atoms with Gasteiger partial charge in [0.05, 0.1) is 42.7 Å². The second-order valence-corrected chi connectivity index (χ2v) is 6.10. The van der Waals surface area contributed by atoms with Crippen LogP contribution in [0.15, 0.2) is 0 Å². The second-order valence-electron chi connectivity index (χ2n) is 4.91. The molecule has 0 amide bonds. The third kappa shape index (κ3) is 3.66. The van der Waals surface area contributed by atoms with E-state index in [-0.39, 0.29) is 0 Å². The van der Waals surface area contributed by atoms with Gasteiger partial charge in [0.25, 0.3) is 0 Å². The van der Waals surface area contributed by atoms with E-state index in [4.69, 9.17) is 0 Å². The third-order valence-corrected chi connectivity index (χ3v) is 5.07. The zero-order chi connectivity index (χ0) is 22.3. The maximum absolute atomic E-state index is 12.8. The fourth-order valence-electron chi connectivity index (χ4n) is 2.49. The SMILES string of the molecule is COC(=O)C(C(=O)OC)C(C(=O)OC)(C(=O)OC)C(Br)(C(=O)OC)C(=O)OC. The van der Waals surface area contributed by atoms with Gasteiger partial charge in [-0.2, -0.15) is 0 Å². The number of esters is 6. The molecular weight excluding hydrogens is 452 g/mol. The molecule has 0 atom stereocenters. The molecular formula is C15H19BrO12. The summed E-state index contributed by atoms with van der Waals surface area (Å²) < 4.78 is 23.9. The molecule has 28 heavy (non-hydrogen) atoms. The van der Waals surface area contributed by atoms with E-state index in [1.165, 1.54) is 0 Å². The molecule has 0 heterocycles. The fraction of sp³-hybridized carbons (Fsp3) is 0.600. The molecule has 0 saturated heterocycles. The van der Waals surface area contributed by atoms with Gasteiger partial charge in [0.2, 0.25) is 9.74 Å². The van der Waals surface area contributed by atoms with Crippen molar-refractivity contribution in [2.24, 2.45) is 11.3 Å². The zero-order valence-corrected chi connectivity index (χ0v) is 17.4. The van der Waals surface area contributed by atoms with Gasteiger partial charge in [-0.25, -0.2) is 9.59 Å². The molecule has 0 aliphatic heterocycles. The van der Waals surface area contributed by atoms with Gasteiger partial charge in [0, 0.05) is 0 Å². The molecule has 0 aromatic heterocycles. The lowest BCUT2D eigenvalue weighted by molar-refractivity contribution is -0.196. The van der Waals surface area contributed by atoms with E-state index in [0.717, 1.165) is 42.7 Å². The van der Waals surface area contributed by atoms with Crippen LogP contribution >= 0.6 is 15.9 Å². The molecule has 0 rings (SSSR count). The molecule has 0 spiro atoms. The van der Waals surface area contributed by atoms with Gasteiger partial charge in [-0.05, 0) is 0 Å². The van der Waals surface area contributed by atoms with Crippen molar-refractivity contribution in [1.82, 2.24) is 0 Å². The number of methoxy groups -OCH3 is 6. The minimum Gasteiger partial charge on any atom is -0.468 e. The van der Waals surface area contributed by atoms with Crippen LogP contribution in [0.3, 0.4) is 0 Å². The van der Waals surface area contributed by atoms with Gasteiger partial charge in [-0.3, -0.25) is 19.2 Å². The Kier molecular flexibility index (Phi) is 9.05. The van der Waals surface area contributed by atoms with E-state index < -0.39 is 51.5 Å². The molecule has 0 radical (unpaired) electrons. The monoisotopic (exact) mass is 470 g/mol. The maximum Gasteiger partial charge on any atom is 0.336 e. The molecule has 0 bridgehead atoms. The van der Waals surface area contributed by atoms with Gasteiger partial charge in [0.15, 0.2) is 5.92 Å². The van der Waals surface area contributed by atoms with E-state index >= 15 is 0 Å². The second kappa shape index (κ2) is 10.0. The van der Waals surface area contributed by atoms with Crippen molar-refractivity contribution in [3.8, 4) is 0 Å². The molecule has 0 N–H and O–H groups in total. The summed E-state index contributed by atoms with van der Waals surface area (Å²) in [6, 6.07) is 0. The Labute approximate surface area is 167 Å². The Morgan fingerprint density at radius 2 is 0.857 bits per heavy atom. The molecule has 158 valence electrons. The molecule has 0 aromatic rings. The van der Waals surface area contributed by atoms with Crippen LogP contribution in [-0.2, 0) is 57.2 Å². The first-order valence-corrected chi connectivity index (χ1v) is 8.00. The van der Waals surface area contributed by atoms with Crippen molar-refractivity contribution < 1.29 is 57.2 Å². The molecule has 0 unspecified atom stereocenters. The van der Waals surface area contributed by atoms with Crippen LogP contribution in [0.1, 0.15) is 0 Å². The van der Waals surface area contributed by atoms with E-state index in [1.807, 2.05) is 0 Å². The highest BCUT2D eigenvalue weighted by Crippen LogP contribution is 2.49. The number of alkyl halides is 1. The summed E-state index contributed by atoms with van der Waals surface area (Å²) in [6.45, 7) is 0. The van der Waals surface area contributed by atoms with Crippen molar-refractivity contribution in [2.75, 3.05) is 42.7 Å². The van der Waals surface area contributed by atoms with Crippen LogP contribution in [0, 0.1) is 11.3 Å².